The highest BCUT2D eigenvalue weighted by molar-refractivity contribution is 5.98. The van der Waals surface area contributed by atoms with Crippen molar-refractivity contribution in [3.63, 3.8) is 0 Å². The molecule has 0 radical (unpaired) electrons. The van der Waals surface area contributed by atoms with Crippen molar-refractivity contribution in [2.75, 3.05) is 0 Å². The Balaban J connectivity index is 2.44. The Morgan fingerprint density at radius 2 is 2.00 bits per heavy atom. The number of rotatable bonds is 1. The Kier molecular flexibility index (Phi) is 2.48. The van der Waals surface area contributed by atoms with Crippen LogP contribution in [0.2, 0.25) is 0 Å². The van der Waals surface area contributed by atoms with E-state index in [1.807, 2.05) is 24.3 Å². The monoisotopic (exact) mass is 220 g/mol. The zero-order valence-electron chi connectivity index (χ0n) is 9.44. The first kappa shape index (κ1) is 11.1. The standard InChI is InChI=1S/C12H16N2O2/c1-12(2,15)10-7-8-5-3-4-6-9(8)11(13)14(10)16/h3-6,10,13,15-16H,7H2,1-2H3. The molecule has 0 spiro atoms. The zero-order chi connectivity index (χ0) is 11.9. The molecule has 16 heavy (non-hydrogen) atoms. The molecule has 1 unspecified atom stereocenters. The molecular weight excluding hydrogens is 204 g/mol. The van der Waals surface area contributed by atoms with Gasteiger partial charge in [0.05, 0.1) is 11.6 Å². The average molecular weight is 220 g/mol. The van der Waals surface area contributed by atoms with Crippen LogP contribution in [0.1, 0.15) is 25.0 Å². The Morgan fingerprint density at radius 3 is 2.62 bits per heavy atom. The van der Waals surface area contributed by atoms with Gasteiger partial charge in [-0.25, -0.2) is 5.06 Å². The van der Waals surface area contributed by atoms with E-state index in [2.05, 4.69) is 0 Å². The van der Waals surface area contributed by atoms with E-state index in [1.54, 1.807) is 13.8 Å². The molecule has 1 aliphatic rings. The number of hydroxylamine groups is 2. The molecule has 0 fully saturated rings. The average Bonchev–Trinajstić information content (AvgIpc) is 2.22. The Bertz CT molecular complexity index is 423. The fourth-order valence-electron chi connectivity index (χ4n) is 2.05. The van der Waals surface area contributed by atoms with E-state index in [0.29, 0.717) is 6.42 Å². The molecule has 4 heteroatoms. The van der Waals surface area contributed by atoms with Gasteiger partial charge in [-0.3, -0.25) is 10.6 Å². The summed E-state index contributed by atoms with van der Waals surface area (Å²) in [7, 11) is 0. The van der Waals surface area contributed by atoms with Gasteiger partial charge in [0.15, 0.2) is 5.84 Å². The number of amidine groups is 1. The molecule has 0 bridgehead atoms. The molecule has 0 saturated carbocycles. The Morgan fingerprint density at radius 1 is 1.38 bits per heavy atom. The molecule has 2 rings (SSSR count). The van der Waals surface area contributed by atoms with Gasteiger partial charge in [-0.1, -0.05) is 24.3 Å². The van der Waals surface area contributed by atoms with Gasteiger partial charge in [0.25, 0.3) is 0 Å². The van der Waals surface area contributed by atoms with Gasteiger partial charge in [0.1, 0.15) is 0 Å². The molecule has 86 valence electrons. The highest BCUT2D eigenvalue weighted by atomic mass is 16.5. The summed E-state index contributed by atoms with van der Waals surface area (Å²) in [5.74, 6) is 0.0500. The van der Waals surface area contributed by atoms with Gasteiger partial charge in [-0.15, -0.1) is 0 Å². The summed E-state index contributed by atoms with van der Waals surface area (Å²) in [4.78, 5) is 0. The van der Waals surface area contributed by atoms with Crippen LogP contribution in [-0.2, 0) is 6.42 Å². The van der Waals surface area contributed by atoms with Crippen molar-refractivity contribution < 1.29 is 10.3 Å². The van der Waals surface area contributed by atoms with Crippen molar-refractivity contribution >= 4 is 5.84 Å². The lowest BCUT2D eigenvalue weighted by molar-refractivity contribution is -0.125. The van der Waals surface area contributed by atoms with E-state index in [-0.39, 0.29) is 5.84 Å². The number of nitrogens with one attached hydrogen (secondary N) is 1. The number of fused-ring (bicyclic) bond motifs is 1. The molecule has 1 atom stereocenters. The molecule has 0 aliphatic carbocycles. The molecule has 1 aliphatic heterocycles. The van der Waals surface area contributed by atoms with Crippen molar-refractivity contribution in [2.24, 2.45) is 0 Å². The molecule has 3 N–H and O–H groups in total. The first-order valence-corrected chi connectivity index (χ1v) is 5.28. The molecule has 1 aromatic carbocycles. The van der Waals surface area contributed by atoms with Gasteiger partial charge < -0.3 is 5.11 Å². The van der Waals surface area contributed by atoms with Crippen LogP contribution in [0.5, 0.6) is 0 Å². The number of aliphatic hydroxyl groups is 1. The lowest BCUT2D eigenvalue weighted by Gasteiger charge is -2.40. The van der Waals surface area contributed by atoms with Crippen molar-refractivity contribution in [1.82, 2.24) is 5.06 Å². The van der Waals surface area contributed by atoms with Crippen LogP contribution in [0, 0.1) is 5.41 Å². The van der Waals surface area contributed by atoms with E-state index in [0.717, 1.165) is 16.2 Å². The third-order valence-corrected chi connectivity index (χ3v) is 3.03. The summed E-state index contributed by atoms with van der Waals surface area (Å²) >= 11 is 0. The SMILES string of the molecule is CC(C)(O)C1Cc2ccccc2C(=N)N1O. The van der Waals surface area contributed by atoms with E-state index in [1.165, 1.54) is 0 Å². The van der Waals surface area contributed by atoms with E-state index in [4.69, 9.17) is 5.41 Å². The summed E-state index contributed by atoms with van der Waals surface area (Å²) in [6.45, 7) is 3.28. The summed E-state index contributed by atoms with van der Waals surface area (Å²) in [5, 5.41) is 28.5. The Labute approximate surface area is 94.6 Å². The van der Waals surface area contributed by atoms with Gasteiger partial charge in [0, 0.05) is 5.56 Å². The maximum absolute atomic E-state index is 9.96. The maximum Gasteiger partial charge on any atom is 0.152 e. The molecule has 0 aromatic heterocycles. The van der Waals surface area contributed by atoms with E-state index < -0.39 is 11.6 Å². The van der Waals surface area contributed by atoms with Crippen LogP contribution < -0.4 is 0 Å². The van der Waals surface area contributed by atoms with Crippen LogP contribution >= 0.6 is 0 Å². The quantitative estimate of drug-likeness (QED) is 0.670. The Hall–Kier alpha value is -1.39. The highest BCUT2D eigenvalue weighted by Gasteiger charge is 2.38. The van der Waals surface area contributed by atoms with Crippen LogP contribution in [0.25, 0.3) is 0 Å². The first-order valence-electron chi connectivity index (χ1n) is 5.28. The number of nitrogens with zero attached hydrogens (tertiary/aromatic N) is 1. The lowest BCUT2D eigenvalue weighted by atomic mass is 9.86. The zero-order valence-corrected chi connectivity index (χ0v) is 9.44. The van der Waals surface area contributed by atoms with Gasteiger partial charge in [-0.05, 0) is 25.8 Å². The van der Waals surface area contributed by atoms with Gasteiger partial charge in [0.2, 0.25) is 0 Å². The molecule has 1 heterocycles. The minimum atomic E-state index is -1.05. The topological polar surface area (TPSA) is 67.5 Å². The van der Waals surface area contributed by atoms with Crippen molar-refractivity contribution in [3.8, 4) is 0 Å². The highest BCUT2D eigenvalue weighted by Crippen LogP contribution is 2.27. The third kappa shape index (κ3) is 1.70. The second-order valence-electron chi connectivity index (χ2n) is 4.72. The third-order valence-electron chi connectivity index (χ3n) is 3.03. The predicted octanol–water partition coefficient (Wildman–Crippen LogP) is 1.40. The lowest BCUT2D eigenvalue weighted by Crippen LogP contribution is -2.54. The number of hydrogen-bond donors (Lipinski definition) is 3. The first-order chi connectivity index (χ1) is 7.41. The summed E-state index contributed by atoms with van der Waals surface area (Å²) in [6.07, 6.45) is 0.540. The number of benzene rings is 1. The minimum Gasteiger partial charge on any atom is -0.388 e. The van der Waals surface area contributed by atoms with Crippen molar-refractivity contribution in [3.05, 3.63) is 35.4 Å². The smallest absolute Gasteiger partial charge is 0.152 e. The molecule has 1 aromatic rings. The van der Waals surface area contributed by atoms with Crippen molar-refractivity contribution in [2.45, 2.75) is 31.9 Å². The van der Waals surface area contributed by atoms with Crippen LogP contribution in [-0.4, -0.2) is 32.9 Å². The maximum atomic E-state index is 9.96. The summed E-state index contributed by atoms with van der Waals surface area (Å²) < 4.78 is 0. The molecule has 0 amide bonds. The summed E-state index contributed by atoms with van der Waals surface area (Å²) in [6, 6.07) is 7.00. The fraction of sp³-hybridized carbons (Fsp3) is 0.417. The molecular formula is C12H16N2O2. The summed E-state index contributed by atoms with van der Waals surface area (Å²) in [5.41, 5.74) is 0.671. The second kappa shape index (κ2) is 3.57. The van der Waals surface area contributed by atoms with Crippen LogP contribution in [0.4, 0.5) is 0 Å². The van der Waals surface area contributed by atoms with E-state index >= 15 is 0 Å². The van der Waals surface area contributed by atoms with Crippen LogP contribution in [0.3, 0.4) is 0 Å². The number of hydrogen-bond acceptors (Lipinski definition) is 3. The van der Waals surface area contributed by atoms with Gasteiger partial charge >= 0.3 is 0 Å². The largest absolute Gasteiger partial charge is 0.388 e. The fourth-order valence-corrected chi connectivity index (χ4v) is 2.05. The second-order valence-corrected chi connectivity index (χ2v) is 4.72. The predicted molar refractivity (Wildman–Crippen MR) is 60.7 cm³/mol. The van der Waals surface area contributed by atoms with Crippen molar-refractivity contribution in [1.29, 1.82) is 5.41 Å². The molecule has 4 nitrogen and oxygen atoms in total. The van der Waals surface area contributed by atoms with E-state index in [9.17, 15) is 10.3 Å². The van der Waals surface area contributed by atoms with Crippen LogP contribution in [0.15, 0.2) is 24.3 Å². The van der Waals surface area contributed by atoms with Gasteiger partial charge in [-0.2, -0.15) is 0 Å². The normalized spacial score (nSPS) is 20.9. The minimum absolute atomic E-state index is 0.0500. The molecule has 0 saturated heterocycles.